The number of carbonyl (C=O) groups is 4. The lowest BCUT2D eigenvalue weighted by Gasteiger charge is -2.35. The van der Waals surface area contributed by atoms with Gasteiger partial charge < -0.3 is 20.6 Å². The summed E-state index contributed by atoms with van der Waals surface area (Å²) in [6.07, 6.45) is 2.36. The van der Waals surface area contributed by atoms with Gasteiger partial charge in [0.25, 0.3) is 5.91 Å². The average Bonchev–Trinajstić information content (AvgIpc) is 4.02. The van der Waals surface area contributed by atoms with Crippen LogP contribution in [0.1, 0.15) is 71.8 Å². The van der Waals surface area contributed by atoms with Crippen LogP contribution in [0.2, 0.25) is 0 Å². The number of nitrogens with zero attached hydrogens (tertiary/aromatic N) is 1. The first-order chi connectivity index (χ1) is 24.0. The SMILES string of the molecule is C=C[C@@H]1C[C@]1(NC(=O)[C@@H]1C[C@](c2ccc(-c3ccccc3)cc2)([S@](=O)CCCC)CN1C(=O)[C@@H](NC(=O)O)C(C)(C)C)C(=O)NS(=O)(=O)C1CC1. The van der Waals surface area contributed by atoms with Crippen molar-refractivity contribution in [1.29, 1.82) is 0 Å². The zero-order valence-corrected chi connectivity index (χ0v) is 31.1. The smallest absolute Gasteiger partial charge is 0.405 e. The molecule has 0 aromatic heterocycles. The number of hydrogen-bond acceptors (Lipinski definition) is 7. The van der Waals surface area contributed by atoms with Crippen LogP contribution in [-0.2, 0) is 40.0 Å². The van der Waals surface area contributed by atoms with Gasteiger partial charge in [-0.25, -0.2) is 13.2 Å². The maximum Gasteiger partial charge on any atom is 0.405 e. The highest BCUT2D eigenvalue weighted by Gasteiger charge is 2.63. The maximum atomic E-state index is 14.5. The van der Waals surface area contributed by atoms with Crippen molar-refractivity contribution < 1.29 is 36.9 Å². The van der Waals surface area contributed by atoms with E-state index in [0.29, 0.717) is 30.6 Å². The Kier molecular flexibility index (Phi) is 10.9. The fourth-order valence-electron chi connectivity index (χ4n) is 6.87. The Morgan fingerprint density at radius 2 is 1.67 bits per heavy atom. The molecule has 0 unspecified atom stereocenters. The molecule has 2 saturated carbocycles. The number of rotatable bonds is 14. The van der Waals surface area contributed by atoms with E-state index in [9.17, 15) is 36.9 Å². The van der Waals surface area contributed by atoms with E-state index < -0.39 is 83.6 Å². The second kappa shape index (κ2) is 14.5. The second-order valence-corrected chi connectivity index (χ2v) is 18.8. The molecule has 1 heterocycles. The van der Waals surface area contributed by atoms with Crippen molar-refractivity contribution in [3.8, 4) is 11.1 Å². The molecular weight excluding hydrogens is 693 g/mol. The molecular formula is C37H48N4O8S2. The summed E-state index contributed by atoms with van der Waals surface area (Å²) in [5.74, 6) is -2.55. The van der Waals surface area contributed by atoms with Crippen molar-refractivity contribution in [2.75, 3.05) is 12.3 Å². The van der Waals surface area contributed by atoms with E-state index in [0.717, 1.165) is 17.5 Å². The minimum Gasteiger partial charge on any atom is -0.465 e. The molecule has 1 aliphatic heterocycles. The first kappa shape index (κ1) is 38.2. The third-order valence-corrected chi connectivity index (χ3v) is 14.1. The van der Waals surface area contributed by atoms with Gasteiger partial charge in [-0.1, -0.05) is 94.8 Å². The zero-order chi connectivity index (χ0) is 37.4. The van der Waals surface area contributed by atoms with Crippen molar-refractivity contribution in [1.82, 2.24) is 20.3 Å². The van der Waals surface area contributed by atoms with Crippen LogP contribution in [0, 0.1) is 11.3 Å². The molecule has 0 bridgehead atoms. The van der Waals surface area contributed by atoms with Gasteiger partial charge in [-0.2, -0.15) is 0 Å². The Balaban J connectivity index is 1.56. The van der Waals surface area contributed by atoms with E-state index in [4.69, 9.17) is 0 Å². The number of unbranched alkanes of at least 4 members (excludes halogenated alkanes) is 1. The van der Waals surface area contributed by atoms with Crippen LogP contribution in [-0.4, -0.2) is 81.6 Å². The van der Waals surface area contributed by atoms with Gasteiger partial charge in [-0.05, 0) is 54.2 Å². The molecule has 2 aromatic rings. The lowest BCUT2D eigenvalue weighted by molar-refractivity contribution is -0.142. The van der Waals surface area contributed by atoms with Crippen molar-refractivity contribution in [2.24, 2.45) is 11.3 Å². The number of nitrogens with one attached hydrogen (secondary N) is 3. The average molecular weight is 741 g/mol. The number of carbonyl (C=O) groups excluding carboxylic acids is 3. The molecule has 6 atom stereocenters. The molecule has 51 heavy (non-hydrogen) atoms. The molecule has 2 aliphatic carbocycles. The molecule has 5 rings (SSSR count). The van der Waals surface area contributed by atoms with Crippen molar-refractivity contribution in [2.45, 2.75) is 93.8 Å². The molecule has 4 amide bonds. The molecule has 14 heteroatoms. The molecule has 276 valence electrons. The first-order valence-electron chi connectivity index (χ1n) is 17.3. The largest absolute Gasteiger partial charge is 0.465 e. The quantitative estimate of drug-likeness (QED) is 0.210. The minimum atomic E-state index is -3.93. The van der Waals surface area contributed by atoms with Crippen LogP contribution in [0.15, 0.2) is 67.3 Å². The zero-order valence-electron chi connectivity index (χ0n) is 29.5. The summed E-state index contributed by atoms with van der Waals surface area (Å²) in [4.78, 5) is 55.7. The van der Waals surface area contributed by atoms with Gasteiger partial charge in [0.15, 0.2) is 0 Å². The second-order valence-electron chi connectivity index (χ2n) is 15.0. The van der Waals surface area contributed by atoms with Crippen LogP contribution in [0.5, 0.6) is 0 Å². The van der Waals surface area contributed by atoms with E-state index in [1.165, 1.54) is 11.0 Å². The van der Waals surface area contributed by atoms with E-state index >= 15 is 0 Å². The topological polar surface area (TPSA) is 179 Å². The molecule has 0 radical (unpaired) electrons. The van der Waals surface area contributed by atoms with Gasteiger partial charge in [-0.15, -0.1) is 6.58 Å². The predicted octanol–water partition coefficient (Wildman–Crippen LogP) is 4.05. The van der Waals surface area contributed by atoms with E-state index in [2.05, 4.69) is 21.9 Å². The summed E-state index contributed by atoms with van der Waals surface area (Å²) in [6, 6.07) is 14.7. The number of likely N-dealkylation sites (tertiary alicyclic amines) is 1. The Morgan fingerprint density at radius 3 is 2.20 bits per heavy atom. The van der Waals surface area contributed by atoms with Gasteiger partial charge >= 0.3 is 6.09 Å². The van der Waals surface area contributed by atoms with E-state index in [1.54, 1.807) is 20.8 Å². The Bertz CT molecular complexity index is 1810. The maximum absolute atomic E-state index is 14.5. The minimum absolute atomic E-state index is 0.0770. The Hall–Kier alpha value is -4.04. The van der Waals surface area contributed by atoms with Crippen LogP contribution < -0.4 is 15.4 Å². The molecule has 1 saturated heterocycles. The lowest BCUT2D eigenvalue weighted by atomic mass is 9.85. The molecule has 3 aliphatic rings. The predicted molar refractivity (Wildman–Crippen MR) is 195 cm³/mol. The van der Waals surface area contributed by atoms with Crippen molar-refractivity contribution in [3.05, 3.63) is 72.8 Å². The van der Waals surface area contributed by atoms with Crippen molar-refractivity contribution >= 4 is 44.6 Å². The fraction of sp³-hybridized carbons (Fsp3) is 0.514. The summed E-state index contributed by atoms with van der Waals surface area (Å²) in [7, 11) is -5.53. The number of benzene rings is 2. The third-order valence-electron chi connectivity index (χ3n) is 10.2. The first-order valence-corrected chi connectivity index (χ1v) is 20.2. The van der Waals surface area contributed by atoms with Crippen LogP contribution in [0.4, 0.5) is 4.79 Å². The highest BCUT2D eigenvalue weighted by atomic mass is 32.2. The van der Waals surface area contributed by atoms with Crippen LogP contribution in [0.25, 0.3) is 11.1 Å². The monoisotopic (exact) mass is 740 g/mol. The highest BCUT2D eigenvalue weighted by molar-refractivity contribution is 7.91. The number of amides is 4. The normalized spacial score (nSPS) is 25.7. The van der Waals surface area contributed by atoms with Crippen LogP contribution >= 0.6 is 0 Å². The highest BCUT2D eigenvalue weighted by Crippen LogP contribution is 2.47. The summed E-state index contributed by atoms with van der Waals surface area (Å²) in [5, 5.41) is 14.1. The Morgan fingerprint density at radius 1 is 1.04 bits per heavy atom. The van der Waals surface area contributed by atoms with Gasteiger partial charge in [0.05, 0.1) is 10.00 Å². The summed E-state index contributed by atoms with van der Waals surface area (Å²) >= 11 is 0. The van der Waals surface area contributed by atoms with Gasteiger partial charge in [-0.3, -0.25) is 23.3 Å². The summed E-state index contributed by atoms with van der Waals surface area (Å²) in [6.45, 7) is 10.7. The summed E-state index contributed by atoms with van der Waals surface area (Å²) < 4.78 is 40.8. The molecule has 0 spiro atoms. The van der Waals surface area contributed by atoms with Crippen LogP contribution in [0.3, 0.4) is 0 Å². The molecule has 12 nitrogen and oxygen atoms in total. The van der Waals surface area contributed by atoms with Gasteiger partial charge in [0, 0.05) is 29.0 Å². The van der Waals surface area contributed by atoms with Gasteiger partial charge in [0.2, 0.25) is 21.8 Å². The number of hydrogen-bond donors (Lipinski definition) is 4. The number of carboxylic acid groups (broad SMARTS) is 1. The molecule has 3 fully saturated rings. The Labute approximate surface area is 302 Å². The third kappa shape index (κ3) is 7.91. The molecule has 2 aromatic carbocycles. The number of sulfonamides is 1. The van der Waals surface area contributed by atoms with E-state index in [-0.39, 0.29) is 19.4 Å². The standard InChI is InChI=1S/C37H48N4O8S2/c1-6-8-20-50(47)36(27-16-14-25(15-17-27)24-12-10-9-11-13-24)22-29(41(23-36)32(43)30(35(3,4)5)38-34(45)46)31(42)39-37(21-26(37)7-2)33(44)40-51(48,49)28-18-19-28/h7,9-17,26,28-30,38H,2,6,8,18-23H2,1,3-5H3,(H,39,42)(H,40,44)(H,45,46)/t26-,29+,30-,36+,37-,50-/m1/s1. The summed E-state index contributed by atoms with van der Waals surface area (Å²) in [5.41, 5.74) is 0.0325. The lowest BCUT2D eigenvalue weighted by Crippen LogP contribution is -2.60. The fourth-order valence-corrected chi connectivity index (χ4v) is 10.2. The van der Waals surface area contributed by atoms with Crippen molar-refractivity contribution in [3.63, 3.8) is 0 Å². The van der Waals surface area contributed by atoms with E-state index in [1.807, 2.05) is 61.5 Å². The molecule has 4 N–H and O–H groups in total. The van der Waals surface area contributed by atoms with Gasteiger partial charge in [0.1, 0.15) is 17.6 Å².